The first-order chi connectivity index (χ1) is 7.18. The molecule has 1 aromatic carbocycles. The van der Waals surface area contributed by atoms with Crippen LogP contribution in [0.5, 0.6) is 0 Å². The van der Waals surface area contributed by atoms with Gasteiger partial charge in [-0.15, -0.1) is 0 Å². The zero-order valence-electron chi connectivity index (χ0n) is 7.37. The van der Waals surface area contributed by atoms with Crippen molar-refractivity contribution in [1.82, 2.24) is 0 Å². The van der Waals surface area contributed by atoms with Crippen LogP contribution in [0, 0.1) is 5.82 Å². The highest BCUT2D eigenvalue weighted by Gasteiger charge is 2.51. The zero-order valence-corrected chi connectivity index (χ0v) is 8.19. The molecular weight excluding hydrogens is 257 g/mol. The van der Waals surface area contributed by atoms with Gasteiger partial charge in [-0.2, -0.15) is 21.6 Å². The molecule has 0 amide bonds. The molecule has 0 saturated carbocycles. The van der Waals surface area contributed by atoms with E-state index >= 15 is 0 Å². The SMILES string of the molecule is O=S(=O)(N(F)c1ccccc1F)C(F)(F)F. The summed E-state index contributed by atoms with van der Waals surface area (Å²) in [5.41, 5.74) is -7.15. The van der Waals surface area contributed by atoms with Gasteiger partial charge < -0.3 is 0 Å². The molecule has 0 radical (unpaired) electrons. The molecule has 0 saturated heterocycles. The molecule has 0 aliphatic carbocycles. The molecule has 0 unspecified atom stereocenters. The summed E-state index contributed by atoms with van der Waals surface area (Å²) in [7, 11) is -6.23. The molecular formula is C7H4F5NO2S. The molecule has 1 aromatic rings. The molecule has 0 fully saturated rings. The lowest BCUT2D eigenvalue weighted by molar-refractivity contribution is -0.0449. The fourth-order valence-corrected chi connectivity index (χ4v) is 1.40. The van der Waals surface area contributed by atoms with Crippen molar-refractivity contribution in [1.29, 1.82) is 0 Å². The average Bonchev–Trinajstić information content (AvgIpc) is 2.15. The summed E-state index contributed by atoms with van der Waals surface area (Å²) in [5.74, 6) is -1.42. The number of rotatable bonds is 2. The average molecular weight is 261 g/mol. The van der Waals surface area contributed by atoms with Gasteiger partial charge in [0, 0.05) is 0 Å². The van der Waals surface area contributed by atoms with E-state index in [0.717, 1.165) is 12.1 Å². The molecule has 3 nitrogen and oxygen atoms in total. The van der Waals surface area contributed by atoms with Crippen molar-refractivity contribution < 1.29 is 30.5 Å². The van der Waals surface area contributed by atoms with Crippen LogP contribution in [0.15, 0.2) is 24.3 Å². The summed E-state index contributed by atoms with van der Waals surface area (Å²) < 4.78 is 81.0. The minimum atomic E-state index is -6.23. The van der Waals surface area contributed by atoms with E-state index in [-0.39, 0.29) is 0 Å². The topological polar surface area (TPSA) is 37.4 Å². The third-order valence-electron chi connectivity index (χ3n) is 1.55. The summed E-state index contributed by atoms with van der Waals surface area (Å²) in [6.45, 7) is 0. The Balaban J connectivity index is 3.24. The molecule has 0 aliphatic heterocycles. The fraction of sp³-hybridized carbons (Fsp3) is 0.143. The van der Waals surface area contributed by atoms with Gasteiger partial charge in [0.2, 0.25) is 0 Å². The Morgan fingerprint density at radius 3 is 2.06 bits per heavy atom. The minimum Gasteiger partial charge on any atom is -0.205 e. The van der Waals surface area contributed by atoms with Gasteiger partial charge in [-0.05, 0) is 12.1 Å². The largest absolute Gasteiger partial charge is 0.519 e. The van der Waals surface area contributed by atoms with Gasteiger partial charge in [0.05, 0.1) is 0 Å². The minimum absolute atomic E-state index is 0.568. The molecule has 0 heterocycles. The molecule has 0 bridgehead atoms. The summed E-state index contributed by atoms with van der Waals surface area (Å²) in [6.07, 6.45) is 0. The first kappa shape index (κ1) is 12.7. The molecule has 9 heteroatoms. The van der Waals surface area contributed by atoms with Gasteiger partial charge >= 0.3 is 15.5 Å². The van der Waals surface area contributed by atoms with Gasteiger partial charge in [0.1, 0.15) is 11.5 Å². The quantitative estimate of drug-likeness (QED) is 0.605. The Bertz CT molecular complexity index is 484. The Kier molecular flexibility index (Phi) is 3.08. The molecule has 90 valence electrons. The number of para-hydroxylation sites is 1. The zero-order chi connectivity index (χ0) is 12.6. The van der Waals surface area contributed by atoms with Crippen molar-refractivity contribution in [3.63, 3.8) is 0 Å². The number of nitrogens with zero attached hydrogens (tertiary/aromatic N) is 1. The van der Waals surface area contributed by atoms with Gasteiger partial charge in [-0.1, -0.05) is 21.1 Å². The van der Waals surface area contributed by atoms with E-state index in [0.29, 0.717) is 12.1 Å². The molecule has 0 aliphatic rings. The third kappa shape index (κ3) is 2.08. The second kappa shape index (κ2) is 3.89. The monoisotopic (exact) mass is 261 g/mol. The van der Waals surface area contributed by atoms with E-state index in [2.05, 4.69) is 0 Å². The van der Waals surface area contributed by atoms with Crippen LogP contribution in [0.1, 0.15) is 0 Å². The number of halogens is 5. The van der Waals surface area contributed by atoms with E-state index in [1.807, 2.05) is 0 Å². The maximum absolute atomic E-state index is 13.0. The van der Waals surface area contributed by atoms with Crippen LogP contribution in [-0.2, 0) is 10.0 Å². The smallest absolute Gasteiger partial charge is 0.205 e. The molecule has 0 aromatic heterocycles. The highest BCUT2D eigenvalue weighted by molar-refractivity contribution is 7.93. The van der Waals surface area contributed by atoms with Crippen LogP contribution in [0.4, 0.5) is 27.7 Å². The Labute approximate surface area is 87.1 Å². The number of anilines is 1. The van der Waals surface area contributed by atoms with Crippen LogP contribution in [-0.4, -0.2) is 13.9 Å². The lowest BCUT2D eigenvalue weighted by atomic mass is 10.3. The van der Waals surface area contributed by atoms with Crippen molar-refractivity contribution in [2.45, 2.75) is 5.51 Å². The first-order valence-electron chi connectivity index (χ1n) is 3.70. The maximum atomic E-state index is 13.0. The number of hydrogen-bond donors (Lipinski definition) is 0. The van der Waals surface area contributed by atoms with E-state index < -0.39 is 31.6 Å². The predicted octanol–water partition coefficient (Wildman–Crippen LogP) is 2.37. The molecule has 16 heavy (non-hydrogen) atoms. The summed E-state index contributed by atoms with van der Waals surface area (Å²) in [5, 5.41) is 0. The van der Waals surface area contributed by atoms with Gasteiger partial charge in [-0.25, -0.2) is 4.39 Å². The molecule has 1 rings (SSSR count). The van der Waals surface area contributed by atoms with Crippen molar-refractivity contribution >= 4 is 15.7 Å². The highest BCUT2D eigenvalue weighted by atomic mass is 32.2. The summed E-state index contributed by atoms with van der Waals surface area (Å²) in [6, 6.07) is 3.27. The van der Waals surface area contributed by atoms with Gasteiger partial charge in [0.15, 0.2) is 0 Å². The number of sulfonamides is 1. The normalized spacial score (nSPS) is 12.6. The highest BCUT2D eigenvalue weighted by Crippen LogP contribution is 2.32. The standard InChI is InChI=1S/C7H4F5NO2S/c8-5-3-1-2-4-6(5)13(12)16(14,15)7(9,10)11/h1-4H. The molecule has 0 atom stereocenters. The first-order valence-corrected chi connectivity index (χ1v) is 5.14. The van der Waals surface area contributed by atoms with Gasteiger partial charge in [-0.3, -0.25) is 0 Å². The Hall–Kier alpha value is -1.38. The Morgan fingerprint density at radius 1 is 1.12 bits per heavy atom. The number of benzene rings is 1. The lowest BCUT2D eigenvalue weighted by Gasteiger charge is -2.16. The van der Waals surface area contributed by atoms with Crippen LogP contribution < -0.4 is 4.53 Å². The summed E-state index contributed by atoms with van der Waals surface area (Å²) in [4.78, 5) is 0. The van der Waals surface area contributed by atoms with E-state index in [4.69, 9.17) is 0 Å². The lowest BCUT2D eigenvalue weighted by Crippen LogP contribution is -2.36. The third-order valence-corrected chi connectivity index (χ3v) is 2.75. The van der Waals surface area contributed by atoms with Gasteiger partial charge in [0.25, 0.3) is 0 Å². The van der Waals surface area contributed by atoms with Crippen molar-refractivity contribution in [3.8, 4) is 0 Å². The molecule has 0 spiro atoms. The van der Waals surface area contributed by atoms with E-state index in [1.165, 1.54) is 0 Å². The van der Waals surface area contributed by atoms with Crippen molar-refractivity contribution in [2.75, 3.05) is 4.53 Å². The second-order valence-corrected chi connectivity index (χ2v) is 4.35. The predicted molar refractivity (Wildman–Crippen MR) is 45.0 cm³/mol. The van der Waals surface area contributed by atoms with Crippen LogP contribution in [0.25, 0.3) is 0 Å². The van der Waals surface area contributed by atoms with Crippen molar-refractivity contribution in [3.05, 3.63) is 30.1 Å². The fourth-order valence-electron chi connectivity index (χ4n) is 0.815. The number of hydrogen-bond acceptors (Lipinski definition) is 2. The summed E-state index contributed by atoms with van der Waals surface area (Å²) >= 11 is 0. The maximum Gasteiger partial charge on any atom is 0.519 e. The van der Waals surface area contributed by atoms with E-state index in [9.17, 15) is 30.5 Å². The second-order valence-electron chi connectivity index (χ2n) is 2.62. The van der Waals surface area contributed by atoms with Crippen LogP contribution in [0.2, 0.25) is 0 Å². The van der Waals surface area contributed by atoms with Crippen LogP contribution >= 0.6 is 0 Å². The Morgan fingerprint density at radius 2 is 1.62 bits per heavy atom. The molecule has 0 N–H and O–H groups in total. The van der Waals surface area contributed by atoms with Crippen molar-refractivity contribution in [2.24, 2.45) is 0 Å². The number of alkyl halides is 3. The van der Waals surface area contributed by atoms with Crippen LogP contribution in [0.3, 0.4) is 0 Å². The van der Waals surface area contributed by atoms with E-state index in [1.54, 1.807) is 0 Å².